The number of amides is 2. The summed E-state index contributed by atoms with van der Waals surface area (Å²) >= 11 is 0. The predicted molar refractivity (Wildman–Crippen MR) is 70.7 cm³/mol. The first-order valence-electron chi connectivity index (χ1n) is 6.24. The molecule has 18 heavy (non-hydrogen) atoms. The molecular weight excluding hydrogens is 228 g/mol. The summed E-state index contributed by atoms with van der Waals surface area (Å²) in [5, 5.41) is 0. The summed E-state index contributed by atoms with van der Waals surface area (Å²) in [6.07, 6.45) is 2.13. The van der Waals surface area contributed by atoms with Crippen LogP contribution in [0.3, 0.4) is 0 Å². The van der Waals surface area contributed by atoms with Gasteiger partial charge in [-0.3, -0.25) is 9.59 Å². The van der Waals surface area contributed by atoms with Crippen LogP contribution in [-0.4, -0.2) is 36.9 Å². The third-order valence-electron chi connectivity index (χ3n) is 3.36. The fourth-order valence-electron chi connectivity index (χ4n) is 2.21. The molecule has 0 spiro atoms. The number of hydrogen-bond acceptors (Lipinski definition) is 2. The van der Waals surface area contributed by atoms with E-state index < -0.39 is 0 Å². The molecule has 4 nitrogen and oxygen atoms in total. The van der Waals surface area contributed by atoms with Gasteiger partial charge in [0.2, 0.25) is 5.91 Å². The van der Waals surface area contributed by atoms with Crippen LogP contribution in [0.1, 0.15) is 30.1 Å². The quantitative estimate of drug-likeness (QED) is 0.799. The number of carbonyl (C=O) groups is 2. The molecule has 0 unspecified atom stereocenters. The molecule has 1 saturated heterocycles. The minimum absolute atomic E-state index is 0.0243. The number of hydrogen-bond donors (Lipinski definition) is 0. The van der Waals surface area contributed by atoms with Crippen molar-refractivity contribution in [2.24, 2.45) is 0 Å². The van der Waals surface area contributed by atoms with E-state index in [0.29, 0.717) is 11.3 Å². The van der Waals surface area contributed by atoms with E-state index in [4.69, 9.17) is 0 Å². The maximum Gasteiger partial charge on any atom is 0.255 e. The van der Waals surface area contributed by atoms with Crippen molar-refractivity contribution in [2.45, 2.75) is 19.8 Å². The highest BCUT2D eigenvalue weighted by atomic mass is 16.2. The van der Waals surface area contributed by atoms with Crippen LogP contribution in [0.5, 0.6) is 0 Å². The molecule has 1 heterocycles. The van der Waals surface area contributed by atoms with Gasteiger partial charge in [-0.2, -0.15) is 0 Å². The number of anilines is 1. The summed E-state index contributed by atoms with van der Waals surface area (Å²) in [7, 11) is 1.69. The van der Waals surface area contributed by atoms with Gasteiger partial charge in [0.25, 0.3) is 5.91 Å². The number of rotatable bonds is 2. The molecule has 96 valence electrons. The number of benzene rings is 1. The van der Waals surface area contributed by atoms with Crippen LogP contribution in [0.15, 0.2) is 24.3 Å². The lowest BCUT2D eigenvalue weighted by Gasteiger charge is -2.22. The highest BCUT2D eigenvalue weighted by Crippen LogP contribution is 2.22. The van der Waals surface area contributed by atoms with Crippen molar-refractivity contribution in [1.82, 2.24) is 4.90 Å². The van der Waals surface area contributed by atoms with E-state index in [9.17, 15) is 9.59 Å². The maximum atomic E-state index is 12.4. The number of nitrogens with zero attached hydrogens (tertiary/aromatic N) is 2. The first-order valence-corrected chi connectivity index (χ1v) is 6.24. The van der Waals surface area contributed by atoms with E-state index in [1.807, 2.05) is 23.1 Å². The highest BCUT2D eigenvalue weighted by Gasteiger charge is 2.23. The lowest BCUT2D eigenvalue weighted by Crippen LogP contribution is -2.31. The second kappa shape index (κ2) is 5.21. The second-order valence-electron chi connectivity index (χ2n) is 4.59. The molecule has 2 rings (SSSR count). The summed E-state index contributed by atoms with van der Waals surface area (Å²) in [6, 6.07) is 7.27. The molecule has 4 heteroatoms. The van der Waals surface area contributed by atoms with Crippen molar-refractivity contribution in [3.63, 3.8) is 0 Å². The molecule has 0 bridgehead atoms. The maximum absolute atomic E-state index is 12.4. The third-order valence-corrected chi connectivity index (χ3v) is 3.36. The van der Waals surface area contributed by atoms with Gasteiger partial charge in [-0.05, 0) is 25.0 Å². The topological polar surface area (TPSA) is 40.6 Å². The van der Waals surface area contributed by atoms with Crippen LogP contribution in [0.4, 0.5) is 5.69 Å². The molecule has 1 aliphatic rings. The van der Waals surface area contributed by atoms with Gasteiger partial charge in [0.1, 0.15) is 0 Å². The molecule has 1 aliphatic heterocycles. The molecule has 0 atom stereocenters. The van der Waals surface area contributed by atoms with E-state index in [1.54, 1.807) is 13.1 Å². The Balaban J connectivity index is 2.32. The molecule has 1 aromatic carbocycles. The van der Waals surface area contributed by atoms with Gasteiger partial charge >= 0.3 is 0 Å². The Morgan fingerprint density at radius 2 is 1.78 bits per heavy atom. The van der Waals surface area contributed by atoms with Crippen molar-refractivity contribution in [3.8, 4) is 0 Å². The zero-order valence-electron chi connectivity index (χ0n) is 10.8. The Morgan fingerprint density at radius 1 is 1.17 bits per heavy atom. The fourth-order valence-corrected chi connectivity index (χ4v) is 2.21. The van der Waals surface area contributed by atoms with Crippen molar-refractivity contribution in [2.75, 3.05) is 25.0 Å². The molecule has 1 fully saturated rings. The van der Waals surface area contributed by atoms with Crippen molar-refractivity contribution >= 4 is 17.5 Å². The minimum atomic E-state index is -0.0725. The molecule has 0 radical (unpaired) electrons. The number of para-hydroxylation sites is 1. The van der Waals surface area contributed by atoms with Gasteiger partial charge in [0.05, 0.1) is 11.3 Å². The van der Waals surface area contributed by atoms with Crippen LogP contribution in [-0.2, 0) is 4.79 Å². The summed E-state index contributed by atoms with van der Waals surface area (Å²) in [5.74, 6) is -0.0483. The zero-order chi connectivity index (χ0) is 13.1. The highest BCUT2D eigenvalue weighted by molar-refractivity contribution is 6.04. The molecule has 0 aromatic heterocycles. The second-order valence-corrected chi connectivity index (χ2v) is 4.59. The summed E-state index contributed by atoms with van der Waals surface area (Å²) in [6.45, 7) is 3.13. The van der Waals surface area contributed by atoms with Gasteiger partial charge in [-0.15, -0.1) is 0 Å². The summed E-state index contributed by atoms with van der Waals surface area (Å²) in [5.41, 5.74) is 1.29. The van der Waals surface area contributed by atoms with Crippen LogP contribution in [0.2, 0.25) is 0 Å². The lowest BCUT2D eigenvalue weighted by atomic mass is 10.1. The van der Waals surface area contributed by atoms with Gasteiger partial charge in [-0.1, -0.05) is 12.1 Å². The largest absolute Gasteiger partial charge is 0.339 e. The number of likely N-dealkylation sites (tertiary alicyclic amines) is 1. The van der Waals surface area contributed by atoms with Crippen LogP contribution < -0.4 is 4.90 Å². The number of carbonyl (C=O) groups excluding carboxylic acids is 2. The molecule has 2 amide bonds. The van der Waals surface area contributed by atoms with Gasteiger partial charge in [-0.25, -0.2) is 0 Å². The van der Waals surface area contributed by atoms with Crippen LogP contribution in [0, 0.1) is 0 Å². The normalized spacial score (nSPS) is 14.7. The minimum Gasteiger partial charge on any atom is -0.339 e. The van der Waals surface area contributed by atoms with E-state index in [0.717, 1.165) is 25.9 Å². The Kier molecular flexibility index (Phi) is 3.65. The summed E-state index contributed by atoms with van der Waals surface area (Å²) in [4.78, 5) is 27.2. The SMILES string of the molecule is CC(=O)N(C)c1ccccc1C(=O)N1CCCC1. The molecular formula is C14H18N2O2. The average molecular weight is 246 g/mol. The van der Waals surface area contributed by atoms with Gasteiger partial charge < -0.3 is 9.80 Å². The Bertz CT molecular complexity index is 465. The standard InChI is InChI=1S/C14H18N2O2/c1-11(17)15(2)13-8-4-3-7-12(13)14(18)16-9-5-6-10-16/h3-4,7-8H,5-6,9-10H2,1-2H3. The van der Waals surface area contributed by atoms with Gasteiger partial charge in [0, 0.05) is 27.1 Å². The Labute approximate surface area is 107 Å². The Morgan fingerprint density at radius 3 is 2.39 bits per heavy atom. The van der Waals surface area contributed by atoms with Crippen LogP contribution in [0.25, 0.3) is 0 Å². The van der Waals surface area contributed by atoms with Crippen molar-refractivity contribution in [3.05, 3.63) is 29.8 Å². The molecule has 1 aromatic rings. The fraction of sp³-hybridized carbons (Fsp3) is 0.429. The summed E-state index contributed by atoms with van der Waals surface area (Å²) < 4.78 is 0. The molecule has 0 N–H and O–H groups in total. The Hall–Kier alpha value is -1.84. The molecule has 0 saturated carbocycles. The van der Waals surface area contributed by atoms with Crippen molar-refractivity contribution in [1.29, 1.82) is 0 Å². The first-order chi connectivity index (χ1) is 8.61. The van der Waals surface area contributed by atoms with E-state index in [2.05, 4.69) is 0 Å². The monoisotopic (exact) mass is 246 g/mol. The third kappa shape index (κ3) is 2.37. The van der Waals surface area contributed by atoms with E-state index in [1.165, 1.54) is 11.8 Å². The van der Waals surface area contributed by atoms with E-state index >= 15 is 0 Å². The average Bonchev–Trinajstić information content (AvgIpc) is 2.90. The molecule has 0 aliphatic carbocycles. The predicted octanol–water partition coefficient (Wildman–Crippen LogP) is 1.91. The zero-order valence-corrected chi connectivity index (χ0v) is 10.8. The van der Waals surface area contributed by atoms with Crippen LogP contribution >= 0.6 is 0 Å². The van der Waals surface area contributed by atoms with E-state index in [-0.39, 0.29) is 11.8 Å². The first kappa shape index (κ1) is 12.6. The lowest BCUT2D eigenvalue weighted by molar-refractivity contribution is -0.116. The van der Waals surface area contributed by atoms with Gasteiger partial charge in [0.15, 0.2) is 0 Å². The van der Waals surface area contributed by atoms with Crippen molar-refractivity contribution < 1.29 is 9.59 Å². The smallest absolute Gasteiger partial charge is 0.255 e.